The van der Waals surface area contributed by atoms with Crippen molar-refractivity contribution < 1.29 is 25.5 Å². The van der Waals surface area contributed by atoms with Crippen molar-refractivity contribution in [2.45, 2.75) is 24.4 Å². The Kier molecular flexibility index (Phi) is 9.85. The van der Waals surface area contributed by atoms with E-state index in [-0.39, 0.29) is 19.0 Å². The summed E-state index contributed by atoms with van der Waals surface area (Å²) in [5.74, 6) is 0. The van der Waals surface area contributed by atoms with Gasteiger partial charge < -0.3 is 30.8 Å². The zero-order valence-corrected chi connectivity index (χ0v) is 8.68. The normalized spacial score (nSPS) is 19.3. The molecule has 0 saturated carbocycles. The Balaban J connectivity index is 0. The van der Waals surface area contributed by atoms with Gasteiger partial charge in [0.25, 0.3) is 0 Å². The van der Waals surface area contributed by atoms with Crippen molar-refractivity contribution in [1.29, 1.82) is 0 Å². The van der Waals surface area contributed by atoms with E-state index in [9.17, 15) is 5.11 Å². The molecule has 0 aliphatic rings. The van der Waals surface area contributed by atoms with Crippen LogP contribution in [0.5, 0.6) is 0 Å². The van der Waals surface area contributed by atoms with Crippen LogP contribution in [-0.4, -0.2) is 70.1 Å². The fourth-order valence-corrected chi connectivity index (χ4v) is 0.893. The molecule has 0 spiro atoms. The fourth-order valence-electron chi connectivity index (χ4n) is 0.893. The number of nitrogens with one attached hydrogen (secondary N) is 1. The third kappa shape index (κ3) is 5.06. The molecule has 0 heterocycles. The maximum absolute atomic E-state index is 9.21. The molecular formula is C7H18ClNO5. The SMILES string of the molecule is CNC[C@H](O)[C@@H](O)[C@H](O)[C@H](O)CO.Cl. The molecule has 0 aromatic carbocycles. The summed E-state index contributed by atoms with van der Waals surface area (Å²) in [6.07, 6.45) is -5.65. The number of hydrogen-bond donors (Lipinski definition) is 6. The quantitative estimate of drug-likeness (QED) is 0.292. The summed E-state index contributed by atoms with van der Waals surface area (Å²) in [7, 11) is 1.57. The lowest BCUT2D eigenvalue weighted by Crippen LogP contribution is -2.48. The number of aliphatic hydroxyl groups excluding tert-OH is 5. The molecule has 0 fully saturated rings. The molecule has 0 aromatic rings. The first-order valence-corrected chi connectivity index (χ1v) is 4.02. The zero-order chi connectivity index (χ0) is 10.4. The van der Waals surface area contributed by atoms with E-state index in [1.54, 1.807) is 7.05 Å². The molecule has 0 saturated heterocycles. The zero-order valence-electron chi connectivity index (χ0n) is 7.87. The molecular weight excluding hydrogens is 214 g/mol. The van der Waals surface area contributed by atoms with Crippen LogP contribution in [0.3, 0.4) is 0 Å². The standard InChI is InChI=1S/C7H17NO5.ClH/c1-8-2-4(10)6(12)7(13)5(11)3-9;/h4-13H,2-3H2,1H3;1H/t4-,5+,6+,7+;/m0./s1. The van der Waals surface area contributed by atoms with Gasteiger partial charge in [0.05, 0.1) is 12.7 Å². The highest BCUT2D eigenvalue weighted by molar-refractivity contribution is 5.85. The minimum absolute atomic E-state index is 0. The summed E-state index contributed by atoms with van der Waals surface area (Å²) in [6, 6.07) is 0. The van der Waals surface area contributed by atoms with Gasteiger partial charge in [-0.2, -0.15) is 0 Å². The van der Waals surface area contributed by atoms with Crippen molar-refractivity contribution >= 4 is 12.4 Å². The Morgan fingerprint density at radius 2 is 1.43 bits per heavy atom. The maximum atomic E-state index is 9.21. The van der Waals surface area contributed by atoms with Gasteiger partial charge in [0.15, 0.2) is 0 Å². The lowest BCUT2D eigenvalue weighted by Gasteiger charge is -2.25. The lowest BCUT2D eigenvalue weighted by molar-refractivity contribution is -0.113. The Bertz CT molecular complexity index is 139. The van der Waals surface area contributed by atoms with E-state index in [2.05, 4.69) is 5.32 Å². The van der Waals surface area contributed by atoms with Gasteiger partial charge in [-0.15, -0.1) is 12.4 Å². The molecule has 0 amide bonds. The van der Waals surface area contributed by atoms with Gasteiger partial charge in [-0.1, -0.05) is 0 Å². The predicted molar refractivity (Wildman–Crippen MR) is 52.3 cm³/mol. The third-order valence-electron chi connectivity index (χ3n) is 1.74. The second-order valence-corrected chi connectivity index (χ2v) is 2.86. The first kappa shape index (κ1) is 16.5. The van der Waals surface area contributed by atoms with Gasteiger partial charge in [-0.3, -0.25) is 0 Å². The van der Waals surface area contributed by atoms with Crippen LogP contribution in [0.25, 0.3) is 0 Å². The van der Waals surface area contributed by atoms with E-state index < -0.39 is 31.0 Å². The van der Waals surface area contributed by atoms with Gasteiger partial charge in [-0.25, -0.2) is 0 Å². The van der Waals surface area contributed by atoms with Crippen LogP contribution in [0.2, 0.25) is 0 Å². The van der Waals surface area contributed by atoms with E-state index in [1.165, 1.54) is 0 Å². The molecule has 7 heteroatoms. The Hall–Kier alpha value is 0.0500. The summed E-state index contributed by atoms with van der Waals surface area (Å²) >= 11 is 0. The van der Waals surface area contributed by atoms with Gasteiger partial charge in [0, 0.05) is 6.54 Å². The Labute approximate surface area is 88.6 Å². The average molecular weight is 232 g/mol. The smallest absolute Gasteiger partial charge is 0.111 e. The molecule has 88 valence electrons. The van der Waals surface area contributed by atoms with E-state index in [0.29, 0.717) is 0 Å². The highest BCUT2D eigenvalue weighted by atomic mass is 35.5. The molecule has 14 heavy (non-hydrogen) atoms. The fraction of sp³-hybridized carbons (Fsp3) is 1.00. The minimum atomic E-state index is -1.55. The average Bonchev–Trinajstić information content (AvgIpc) is 2.14. The van der Waals surface area contributed by atoms with Crippen LogP contribution in [0, 0.1) is 0 Å². The monoisotopic (exact) mass is 231 g/mol. The van der Waals surface area contributed by atoms with Crippen LogP contribution < -0.4 is 5.32 Å². The molecule has 6 N–H and O–H groups in total. The summed E-state index contributed by atoms with van der Waals surface area (Å²) in [4.78, 5) is 0. The van der Waals surface area contributed by atoms with Gasteiger partial charge in [0.2, 0.25) is 0 Å². The highest BCUT2D eigenvalue weighted by Crippen LogP contribution is 2.04. The lowest BCUT2D eigenvalue weighted by atomic mass is 10.0. The van der Waals surface area contributed by atoms with Crippen LogP contribution in [0.4, 0.5) is 0 Å². The molecule has 0 aliphatic heterocycles. The van der Waals surface area contributed by atoms with Crippen molar-refractivity contribution in [1.82, 2.24) is 5.32 Å². The number of halogens is 1. The first-order valence-electron chi connectivity index (χ1n) is 4.02. The van der Waals surface area contributed by atoms with Crippen molar-refractivity contribution in [2.24, 2.45) is 0 Å². The van der Waals surface area contributed by atoms with Crippen LogP contribution >= 0.6 is 12.4 Å². The van der Waals surface area contributed by atoms with Gasteiger partial charge in [0.1, 0.15) is 18.3 Å². The Morgan fingerprint density at radius 1 is 1.00 bits per heavy atom. The van der Waals surface area contributed by atoms with Crippen molar-refractivity contribution in [2.75, 3.05) is 20.2 Å². The first-order chi connectivity index (χ1) is 6.04. The molecule has 0 unspecified atom stereocenters. The van der Waals surface area contributed by atoms with Crippen LogP contribution in [0.15, 0.2) is 0 Å². The molecule has 6 nitrogen and oxygen atoms in total. The molecule has 0 bridgehead atoms. The van der Waals surface area contributed by atoms with E-state index in [0.717, 1.165) is 0 Å². The summed E-state index contributed by atoms with van der Waals surface area (Å²) in [6.45, 7) is -0.569. The van der Waals surface area contributed by atoms with E-state index in [4.69, 9.17) is 20.4 Å². The summed E-state index contributed by atoms with van der Waals surface area (Å²) in [5.41, 5.74) is 0. The largest absolute Gasteiger partial charge is 0.394 e. The molecule has 4 atom stereocenters. The molecule has 0 rings (SSSR count). The third-order valence-corrected chi connectivity index (χ3v) is 1.74. The Morgan fingerprint density at radius 3 is 1.79 bits per heavy atom. The number of hydrogen-bond acceptors (Lipinski definition) is 6. The molecule has 0 aliphatic carbocycles. The minimum Gasteiger partial charge on any atom is -0.394 e. The van der Waals surface area contributed by atoms with Crippen molar-refractivity contribution in [3.8, 4) is 0 Å². The van der Waals surface area contributed by atoms with Crippen molar-refractivity contribution in [3.05, 3.63) is 0 Å². The predicted octanol–water partition coefficient (Wildman–Crippen LogP) is -2.94. The van der Waals surface area contributed by atoms with E-state index in [1.807, 2.05) is 0 Å². The van der Waals surface area contributed by atoms with Crippen LogP contribution in [0.1, 0.15) is 0 Å². The van der Waals surface area contributed by atoms with E-state index >= 15 is 0 Å². The van der Waals surface area contributed by atoms with Crippen molar-refractivity contribution in [3.63, 3.8) is 0 Å². The molecule has 0 aromatic heterocycles. The second-order valence-electron chi connectivity index (χ2n) is 2.86. The summed E-state index contributed by atoms with van der Waals surface area (Å²) < 4.78 is 0. The number of aliphatic hydroxyl groups is 5. The molecule has 0 radical (unpaired) electrons. The topological polar surface area (TPSA) is 113 Å². The number of rotatable bonds is 6. The van der Waals surface area contributed by atoms with Crippen LogP contribution in [-0.2, 0) is 0 Å². The maximum Gasteiger partial charge on any atom is 0.111 e. The van der Waals surface area contributed by atoms with Gasteiger partial charge in [-0.05, 0) is 7.05 Å². The highest BCUT2D eigenvalue weighted by Gasteiger charge is 2.29. The van der Waals surface area contributed by atoms with Gasteiger partial charge >= 0.3 is 0 Å². The second kappa shape index (κ2) is 8.37. The number of likely N-dealkylation sites (N-methyl/N-ethyl adjacent to an activating group) is 1. The summed E-state index contributed by atoms with van der Waals surface area (Å²) in [5, 5.41) is 47.5.